The van der Waals surface area contributed by atoms with Gasteiger partial charge in [-0.25, -0.2) is 0 Å². The third-order valence-electron chi connectivity index (χ3n) is 6.12. The highest BCUT2D eigenvalue weighted by molar-refractivity contribution is 5.79. The van der Waals surface area contributed by atoms with Crippen LogP contribution < -0.4 is 0 Å². The maximum atomic E-state index is 11.7. The number of rotatable bonds is 7. The van der Waals surface area contributed by atoms with Crippen LogP contribution in [0, 0.1) is 17.3 Å². The first-order chi connectivity index (χ1) is 17.4. The van der Waals surface area contributed by atoms with Crippen LogP contribution in [0.1, 0.15) is 94.4 Å². The summed E-state index contributed by atoms with van der Waals surface area (Å²) in [5.41, 5.74) is 0.533. The van der Waals surface area contributed by atoms with Gasteiger partial charge in [-0.3, -0.25) is 9.69 Å². The number of carbonyl (C=O) groups is 1. The van der Waals surface area contributed by atoms with Crippen molar-refractivity contribution in [1.82, 2.24) is 14.7 Å². The average Bonchev–Trinajstić information content (AvgIpc) is 2.76. The van der Waals surface area contributed by atoms with Crippen LogP contribution >= 0.6 is 0 Å². The topological polar surface area (TPSA) is 76.5 Å². The number of likely N-dealkylation sites (tertiary alicyclic amines) is 1. The van der Waals surface area contributed by atoms with Crippen molar-refractivity contribution in [3.05, 3.63) is 0 Å². The fourth-order valence-electron chi connectivity index (χ4n) is 4.86. The van der Waals surface area contributed by atoms with Crippen molar-refractivity contribution in [3.8, 4) is 0 Å². The van der Waals surface area contributed by atoms with Crippen LogP contribution in [0.4, 0.5) is 0 Å². The van der Waals surface area contributed by atoms with Gasteiger partial charge in [-0.15, -0.1) is 0 Å². The van der Waals surface area contributed by atoms with Crippen LogP contribution in [0.15, 0.2) is 0 Å². The molecule has 1 unspecified atom stereocenters. The summed E-state index contributed by atoms with van der Waals surface area (Å²) < 4.78 is 5.24. The minimum atomic E-state index is -0.168. The third kappa shape index (κ3) is 18.2. The number of ether oxygens (including phenoxy) is 1. The van der Waals surface area contributed by atoms with E-state index in [0.717, 1.165) is 52.1 Å². The van der Waals surface area contributed by atoms with Gasteiger partial charge in [0, 0.05) is 58.8 Å². The molecule has 224 valence electrons. The number of β-amino-alcohol motifs (C(OH)–C–C–N with tert-alkyl or cyclic N) is 1. The lowest BCUT2D eigenvalue weighted by atomic mass is 9.57. The molecule has 1 spiro atoms. The molecule has 0 aromatic heterocycles. The lowest BCUT2D eigenvalue weighted by Gasteiger charge is -2.59. The second kappa shape index (κ2) is 22.1. The average molecular weight is 532 g/mol. The van der Waals surface area contributed by atoms with Crippen LogP contribution in [0.3, 0.4) is 0 Å². The number of amides is 1. The molecule has 2 saturated heterocycles. The van der Waals surface area contributed by atoms with Crippen molar-refractivity contribution in [3.63, 3.8) is 0 Å². The van der Waals surface area contributed by atoms with Crippen LogP contribution in [0.5, 0.6) is 0 Å². The molecule has 1 saturated carbocycles. The molecule has 3 fully saturated rings. The molecule has 0 aromatic carbocycles. The predicted octanol–water partition coefficient (Wildman–Crippen LogP) is 4.75. The van der Waals surface area contributed by atoms with E-state index >= 15 is 0 Å². The molecular formula is C30H65N3O4. The van der Waals surface area contributed by atoms with E-state index < -0.39 is 0 Å². The van der Waals surface area contributed by atoms with Crippen LogP contribution in [-0.2, 0) is 9.53 Å². The lowest BCUT2D eigenvalue weighted by Crippen LogP contribution is -2.63. The smallest absolute Gasteiger partial charge is 0.225 e. The van der Waals surface area contributed by atoms with Gasteiger partial charge in [0.15, 0.2) is 0 Å². The number of carbonyl (C=O) groups excluding carboxylic acids is 1. The normalized spacial score (nSPS) is 19.4. The quantitative estimate of drug-likeness (QED) is 0.494. The first kappa shape index (κ1) is 38.4. The van der Waals surface area contributed by atoms with E-state index in [-0.39, 0.29) is 12.2 Å². The summed E-state index contributed by atoms with van der Waals surface area (Å²) in [4.78, 5) is 18.2. The molecule has 2 heterocycles. The Bertz CT molecular complexity index is 520. The highest BCUT2D eigenvalue weighted by atomic mass is 16.5. The SMILES string of the molecule is CC.CC(C)CC(O)CN1CCOCC1.CC(C)O.CCC.CCCN1CC2(CC(C(=O)N(C)C)C2)C1. The number of morpholine rings is 1. The van der Waals surface area contributed by atoms with Gasteiger partial charge < -0.3 is 24.7 Å². The van der Waals surface area contributed by atoms with Gasteiger partial charge >= 0.3 is 0 Å². The van der Waals surface area contributed by atoms with Gasteiger partial charge in [0.2, 0.25) is 5.91 Å². The fraction of sp³-hybridized carbons (Fsp3) is 0.967. The summed E-state index contributed by atoms with van der Waals surface area (Å²) >= 11 is 0. The Balaban J connectivity index is 0. The molecule has 3 rings (SSSR count). The van der Waals surface area contributed by atoms with E-state index in [1.807, 2.05) is 27.9 Å². The molecule has 7 nitrogen and oxygen atoms in total. The highest BCUT2D eigenvalue weighted by Gasteiger charge is 2.54. The maximum Gasteiger partial charge on any atom is 0.225 e. The van der Waals surface area contributed by atoms with E-state index in [4.69, 9.17) is 9.84 Å². The second-order valence-electron chi connectivity index (χ2n) is 11.5. The molecular weight excluding hydrogens is 466 g/mol. The standard InChI is InChI=1S/C12H22N2O.C10H21NO2.C3H8O.C3H8.C2H6/c1-4-5-14-8-12(9-14)6-10(7-12)11(15)13(2)3;1-9(2)7-10(12)8-11-3-5-13-6-4-11;1-3(2)4;1-3-2;1-2/h10H,4-9H2,1-3H3;9-10,12H,3-8H2,1-2H3;3-4H,1-2H3;3H2,1-2H3;1-2H3. The molecule has 37 heavy (non-hydrogen) atoms. The van der Waals surface area contributed by atoms with Crippen molar-refractivity contribution >= 4 is 5.91 Å². The molecule has 7 heteroatoms. The first-order valence-electron chi connectivity index (χ1n) is 15.0. The Morgan fingerprint density at radius 3 is 1.81 bits per heavy atom. The Hall–Kier alpha value is -0.730. The van der Waals surface area contributed by atoms with Crippen molar-refractivity contribution in [2.75, 3.05) is 66.6 Å². The zero-order valence-electron chi connectivity index (χ0n) is 26.6. The van der Waals surface area contributed by atoms with Crippen LogP contribution in [0.25, 0.3) is 0 Å². The summed E-state index contributed by atoms with van der Waals surface area (Å²) in [6.45, 7) is 26.3. The van der Waals surface area contributed by atoms with Gasteiger partial charge in [0.1, 0.15) is 0 Å². The summed E-state index contributed by atoms with van der Waals surface area (Å²) in [7, 11) is 3.72. The summed E-state index contributed by atoms with van der Waals surface area (Å²) in [6.07, 6.45) is 5.32. The number of nitrogens with zero attached hydrogens (tertiary/aromatic N) is 3. The second-order valence-corrected chi connectivity index (χ2v) is 11.5. The van der Waals surface area contributed by atoms with Gasteiger partial charge in [0.25, 0.3) is 0 Å². The van der Waals surface area contributed by atoms with E-state index in [9.17, 15) is 9.90 Å². The summed E-state index contributed by atoms with van der Waals surface area (Å²) in [6, 6.07) is 0. The molecule has 2 aliphatic heterocycles. The highest BCUT2D eigenvalue weighted by Crippen LogP contribution is 2.52. The number of aliphatic hydroxyl groups is 2. The monoisotopic (exact) mass is 531 g/mol. The predicted molar refractivity (Wildman–Crippen MR) is 158 cm³/mol. The van der Waals surface area contributed by atoms with Gasteiger partial charge in [-0.05, 0) is 57.4 Å². The van der Waals surface area contributed by atoms with Crippen molar-refractivity contribution < 1.29 is 19.7 Å². The van der Waals surface area contributed by atoms with Gasteiger partial charge in [0.05, 0.1) is 19.3 Å². The van der Waals surface area contributed by atoms with E-state index in [1.165, 1.54) is 32.5 Å². The van der Waals surface area contributed by atoms with Crippen molar-refractivity contribution in [2.24, 2.45) is 17.3 Å². The first-order valence-corrected chi connectivity index (χ1v) is 15.0. The van der Waals surface area contributed by atoms with E-state index in [0.29, 0.717) is 23.2 Å². The Morgan fingerprint density at radius 1 is 0.973 bits per heavy atom. The Kier molecular flexibility index (Phi) is 23.0. The number of hydrogen-bond acceptors (Lipinski definition) is 6. The van der Waals surface area contributed by atoms with Gasteiger partial charge in [-0.2, -0.15) is 0 Å². The molecule has 0 radical (unpaired) electrons. The number of hydrogen-bond donors (Lipinski definition) is 2. The molecule has 0 bridgehead atoms. The Labute approximate surface area is 230 Å². The van der Waals surface area contributed by atoms with Crippen molar-refractivity contribution in [1.29, 1.82) is 0 Å². The molecule has 1 aliphatic carbocycles. The molecule has 2 N–H and O–H groups in total. The zero-order chi connectivity index (χ0) is 29.0. The maximum absolute atomic E-state index is 11.7. The minimum absolute atomic E-state index is 0.167. The molecule has 0 aromatic rings. The van der Waals surface area contributed by atoms with Crippen LogP contribution in [0.2, 0.25) is 0 Å². The fourth-order valence-corrected chi connectivity index (χ4v) is 4.86. The minimum Gasteiger partial charge on any atom is -0.394 e. The van der Waals surface area contributed by atoms with Crippen LogP contribution in [-0.4, -0.2) is 110 Å². The van der Waals surface area contributed by atoms with Gasteiger partial charge in [-0.1, -0.05) is 54.9 Å². The van der Waals surface area contributed by atoms with E-state index in [1.54, 1.807) is 18.7 Å². The van der Waals surface area contributed by atoms with E-state index in [2.05, 4.69) is 44.4 Å². The summed E-state index contributed by atoms with van der Waals surface area (Å²) in [5, 5.41) is 17.7. The molecule has 3 aliphatic rings. The molecule has 1 atom stereocenters. The third-order valence-corrected chi connectivity index (χ3v) is 6.12. The largest absolute Gasteiger partial charge is 0.394 e. The lowest BCUT2D eigenvalue weighted by molar-refractivity contribution is -0.152. The number of aliphatic hydroxyl groups excluding tert-OH is 2. The zero-order valence-corrected chi connectivity index (χ0v) is 26.6. The summed E-state index contributed by atoms with van der Waals surface area (Å²) in [5.74, 6) is 1.23. The molecule has 1 amide bonds. The Morgan fingerprint density at radius 2 is 1.43 bits per heavy atom. The van der Waals surface area contributed by atoms with Crippen molar-refractivity contribution in [2.45, 2.75) is 107 Å².